The number of guanidine groups is 1. The van der Waals surface area contributed by atoms with Gasteiger partial charge in [0.25, 0.3) is 0 Å². The molecule has 1 aliphatic rings. The highest BCUT2D eigenvalue weighted by atomic mass is 127. The van der Waals surface area contributed by atoms with E-state index in [-0.39, 0.29) is 36.4 Å². The number of thiazole rings is 1. The number of halogens is 4. The predicted octanol–water partition coefficient (Wildman–Crippen LogP) is 2.50. The van der Waals surface area contributed by atoms with Gasteiger partial charge in [-0.2, -0.15) is 13.2 Å². The molecule has 142 valence electrons. The van der Waals surface area contributed by atoms with Crippen molar-refractivity contribution in [2.24, 2.45) is 4.99 Å². The average Bonchev–Trinajstić information content (AvgIpc) is 3.18. The highest BCUT2D eigenvalue weighted by molar-refractivity contribution is 14.0. The molecule has 1 aromatic rings. The number of hydrogen-bond acceptors (Lipinski definition) is 4. The molecule has 0 spiro atoms. The van der Waals surface area contributed by atoms with Crippen LogP contribution in [0.2, 0.25) is 0 Å². The van der Waals surface area contributed by atoms with Gasteiger partial charge in [0.2, 0.25) is 5.91 Å². The fourth-order valence-electron chi connectivity index (χ4n) is 1.89. The topological polar surface area (TPSA) is 78.4 Å². The van der Waals surface area contributed by atoms with Gasteiger partial charge in [-0.25, -0.2) is 4.98 Å². The number of amides is 1. The van der Waals surface area contributed by atoms with Crippen molar-refractivity contribution in [3.05, 3.63) is 16.1 Å². The molecule has 0 unspecified atom stereocenters. The van der Waals surface area contributed by atoms with E-state index in [1.807, 2.05) is 0 Å². The van der Waals surface area contributed by atoms with Gasteiger partial charge < -0.3 is 16.0 Å². The highest BCUT2D eigenvalue weighted by Gasteiger charge is 2.33. The van der Waals surface area contributed by atoms with Crippen LogP contribution in [0.4, 0.5) is 13.2 Å². The van der Waals surface area contributed by atoms with Crippen LogP contribution in [0.5, 0.6) is 0 Å². The van der Waals surface area contributed by atoms with Crippen LogP contribution in [-0.2, 0) is 17.5 Å². The first-order valence-corrected chi connectivity index (χ1v) is 8.52. The maximum absolute atomic E-state index is 12.5. The Hall–Kier alpha value is -1.11. The van der Waals surface area contributed by atoms with E-state index < -0.39 is 11.9 Å². The van der Waals surface area contributed by atoms with E-state index in [9.17, 15) is 18.0 Å². The minimum atomic E-state index is -4.42. The maximum atomic E-state index is 12.5. The Morgan fingerprint density at radius 2 is 2.12 bits per heavy atom. The third-order valence-electron chi connectivity index (χ3n) is 3.29. The molecule has 1 aromatic heterocycles. The second-order valence-electron chi connectivity index (χ2n) is 5.42. The monoisotopic (exact) mass is 491 g/mol. The summed E-state index contributed by atoms with van der Waals surface area (Å²) in [5, 5.41) is 10.1. The van der Waals surface area contributed by atoms with Gasteiger partial charge >= 0.3 is 6.18 Å². The molecule has 0 aromatic carbocycles. The minimum absolute atomic E-state index is 0. The van der Waals surface area contributed by atoms with E-state index in [2.05, 4.69) is 25.9 Å². The Bertz CT molecular complexity index is 589. The fourth-order valence-corrected chi connectivity index (χ4v) is 2.63. The predicted molar refractivity (Wildman–Crippen MR) is 101 cm³/mol. The lowest BCUT2D eigenvalue weighted by molar-refractivity contribution is -0.140. The maximum Gasteiger partial charge on any atom is 0.434 e. The number of alkyl halides is 3. The molecule has 0 aliphatic heterocycles. The molecule has 0 bridgehead atoms. The van der Waals surface area contributed by atoms with E-state index in [1.54, 1.807) is 7.05 Å². The molecule has 3 N–H and O–H groups in total. The fraction of sp³-hybridized carbons (Fsp3) is 0.643. The molecule has 25 heavy (non-hydrogen) atoms. The van der Waals surface area contributed by atoms with Crippen molar-refractivity contribution in [1.82, 2.24) is 20.9 Å². The van der Waals surface area contributed by atoms with Gasteiger partial charge in [0.05, 0.1) is 6.54 Å². The van der Waals surface area contributed by atoms with Crippen LogP contribution in [0.3, 0.4) is 0 Å². The molecule has 1 amide bonds. The zero-order chi connectivity index (χ0) is 17.6. The molecule has 1 saturated carbocycles. The van der Waals surface area contributed by atoms with Crippen molar-refractivity contribution in [3.63, 3.8) is 0 Å². The Balaban J connectivity index is 0.00000312. The summed E-state index contributed by atoms with van der Waals surface area (Å²) in [6, 6.07) is 0.361. The van der Waals surface area contributed by atoms with E-state index in [1.165, 1.54) is 0 Å². The molecule has 2 rings (SSSR count). The quantitative estimate of drug-likeness (QED) is 0.237. The summed E-state index contributed by atoms with van der Waals surface area (Å²) in [5.74, 6) is 0.506. The Morgan fingerprint density at radius 3 is 2.68 bits per heavy atom. The van der Waals surface area contributed by atoms with Gasteiger partial charge in [-0.05, 0) is 19.3 Å². The third-order valence-corrected chi connectivity index (χ3v) is 4.14. The summed E-state index contributed by atoms with van der Waals surface area (Å²) in [6.07, 6.45) is -1.22. The van der Waals surface area contributed by atoms with Crippen LogP contribution < -0.4 is 16.0 Å². The van der Waals surface area contributed by atoms with E-state index in [0.717, 1.165) is 29.6 Å². The molecule has 1 heterocycles. The zero-order valence-corrected chi connectivity index (χ0v) is 16.8. The van der Waals surface area contributed by atoms with E-state index >= 15 is 0 Å². The van der Waals surface area contributed by atoms with Gasteiger partial charge in [0, 0.05) is 31.4 Å². The van der Waals surface area contributed by atoms with Gasteiger partial charge in [-0.15, -0.1) is 35.3 Å². The van der Waals surface area contributed by atoms with Crippen molar-refractivity contribution >= 4 is 47.2 Å². The second-order valence-corrected chi connectivity index (χ2v) is 6.36. The van der Waals surface area contributed by atoms with Crippen molar-refractivity contribution in [2.75, 3.05) is 13.6 Å². The first-order chi connectivity index (χ1) is 11.4. The van der Waals surface area contributed by atoms with Crippen LogP contribution >= 0.6 is 35.3 Å². The van der Waals surface area contributed by atoms with Gasteiger partial charge in [-0.1, -0.05) is 0 Å². The Morgan fingerprint density at radius 1 is 1.40 bits per heavy atom. The van der Waals surface area contributed by atoms with Crippen molar-refractivity contribution < 1.29 is 18.0 Å². The SMILES string of the molecule is CN=C(NCCCC(=O)NC1CC1)NCc1nc(C(F)(F)F)cs1.I. The van der Waals surface area contributed by atoms with Crippen LogP contribution in [0.1, 0.15) is 36.4 Å². The molecule has 6 nitrogen and oxygen atoms in total. The summed E-state index contributed by atoms with van der Waals surface area (Å²) >= 11 is 0.943. The van der Waals surface area contributed by atoms with Crippen molar-refractivity contribution in [2.45, 2.75) is 44.4 Å². The summed E-state index contributed by atoms with van der Waals surface area (Å²) in [5.41, 5.74) is -0.881. The molecule has 0 radical (unpaired) electrons. The van der Waals surface area contributed by atoms with Gasteiger partial charge in [0.15, 0.2) is 11.7 Å². The Kier molecular flexibility index (Phi) is 8.89. The van der Waals surface area contributed by atoms with Crippen molar-refractivity contribution in [1.29, 1.82) is 0 Å². The van der Waals surface area contributed by atoms with Gasteiger partial charge in [0.1, 0.15) is 5.01 Å². The third kappa shape index (κ3) is 8.21. The van der Waals surface area contributed by atoms with Crippen LogP contribution in [-0.4, -0.2) is 36.5 Å². The van der Waals surface area contributed by atoms with Crippen LogP contribution in [0.15, 0.2) is 10.4 Å². The molecule has 0 saturated heterocycles. The standard InChI is InChI=1S/C14H20F3N5OS.HI/c1-18-13(19-6-2-3-11(23)21-9-4-5-9)20-7-12-22-10(8-24-12)14(15,16)17;/h8-9H,2-7H2,1H3,(H,21,23)(H2,18,19,20);1H. The highest BCUT2D eigenvalue weighted by Crippen LogP contribution is 2.29. The smallest absolute Gasteiger partial charge is 0.356 e. The summed E-state index contributed by atoms with van der Waals surface area (Å²) in [7, 11) is 1.57. The number of aliphatic imine (C=N–C) groups is 1. The normalized spacial score (nSPS) is 14.6. The van der Waals surface area contributed by atoms with Crippen LogP contribution in [0, 0.1) is 0 Å². The number of nitrogens with one attached hydrogen (secondary N) is 3. The zero-order valence-electron chi connectivity index (χ0n) is 13.7. The van der Waals surface area contributed by atoms with Crippen molar-refractivity contribution in [3.8, 4) is 0 Å². The van der Waals surface area contributed by atoms with E-state index in [4.69, 9.17) is 0 Å². The number of aromatic nitrogens is 1. The Labute approximate surface area is 165 Å². The lowest BCUT2D eigenvalue weighted by Crippen LogP contribution is -2.37. The van der Waals surface area contributed by atoms with Crippen LogP contribution in [0.25, 0.3) is 0 Å². The number of rotatable bonds is 7. The minimum Gasteiger partial charge on any atom is -0.356 e. The number of hydrogen-bond donors (Lipinski definition) is 3. The average molecular weight is 491 g/mol. The largest absolute Gasteiger partial charge is 0.434 e. The molecular formula is C14H21F3IN5OS. The molecule has 11 heteroatoms. The summed E-state index contributed by atoms with van der Waals surface area (Å²) in [6.45, 7) is 0.700. The lowest BCUT2D eigenvalue weighted by Gasteiger charge is -2.10. The number of carbonyl (C=O) groups is 1. The lowest BCUT2D eigenvalue weighted by atomic mass is 10.3. The molecule has 1 aliphatic carbocycles. The first-order valence-electron chi connectivity index (χ1n) is 7.64. The first kappa shape index (κ1) is 21.9. The number of carbonyl (C=O) groups excluding carboxylic acids is 1. The summed E-state index contributed by atoms with van der Waals surface area (Å²) < 4.78 is 37.4. The van der Waals surface area contributed by atoms with Gasteiger partial charge in [-0.3, -0.25) is 9.79 Å². The molecular weight excluding hydrogens is 470 g/mol. The molecule has 1 fully saturated rings. The second kappa shape index (κ2) is 10.1. The number of nitrogens with zero attached hydrogens (tertiary/aromatic N) is 2. The molecule has 0 atom stereocenters. The van der Waals surface area contributed by atoms with E-state index in [0.29, 0.717) is 36.4 Å². The summed E-state index contributed by atoms with van der Waals surface area (Å²) in [4.78, 5) is 19.0.